The van der Waals surface area contributed by atoms with Crippen LogP contribution in [0.3, 0.4) is 0 Å². The number of thiazole rings is 1. The van der Waals surface area contributed by atoms with Gasteiger partial charge in [-0.1, -0.05) is 88.4 Å². The van der Waals surface area contributed by atoms with Gasteiger partial charge in [-0.05, 0) is 43.9 Å². The number of carbonyl (C=O) groups excluding carboxylic acids is 1. The van der Waals surface area contributed by atoms with Crippen molar-refractivity contribution in [3.8, 4) is 0 Å². The van der Waals surface area contributed by atoms with Crippen LogP contribution in [0.4, 0.5) is 0 Å². The number of aliphatic hydroxyl groups is 1. The van der Waals surface area contributed by atoms with Crippen LogP contribution < -0.4 is 5.32 Å². The van der Waals surface area contributed by atoms with Crippen LogP contribution in [-0.4, -0.2) is 35.8 Å². The minimum Gasteiger partial charge on any atom is -0.462 e. The topological polar surface area (TPSA) is 71.5 Å². The molecule has 5 nitrogen and oxygen atoms in total. The van der Waals surface area contributed by atoms with E-state index < -0.39 is 0 Å². The van der Waals surface area contributed by atoms with E-state index >= 15 is 0 Å². The number of nitrogens with one attached hydrogen (secondary N) is 1. The molecule has 0 aliphatic carbocycles. The highest BCUT2D eigenvalue weighted by molar-refractivity contribution is 7.09. The molecule has 3 rings (SSSR count). The highest BCUT2D eigenvalue weighted by Crippen LogP contribution is 2.12. The maximum atomic E-state index is 10.4. The van der Waals surface area contributed by atoms with Crippen molar-refractivity contribution in [2.75, 3.05) is 7.05 Å². The summed E-state index contributed by atoms with van der Waals surface area (Å²) >= 11 is 1.47. The van der Waals surface area contributed by atoms with Gasteiger partial charge in [0.15, 0.2) is 0 Å². The molecule has 2 N–H and O–H groups in total. The molecule has 3 aromatic rings. The van der Waals surface area contributed by atoms with Crippen molar-refractivity contribution >= 4 is 17.8 Å². The Labute approximate surface area is 210 Å². The lowest BCUT2D eigenvalue weighted by Crippen LogP contribution is -2.39. The highest BCUT2D eigenvalue weighted by Gasteiger charge is 2.17. The zero-order valence-corrected chi connectivity index (χ0v) is 22.1. The van der Waals surface area contributed by atoms with Crippen molar-refractivity contribution in [3.05, 3.63) is 88.4 Å². The summed E-state index contributed by atoms with van der Waals surface area (Å²) < 4.78 is 4.47. The maximum Gasteiger partial charge on any atom is 0.293 e. The molecule has 0 spiro atoms. The normalized spacial score (nSPS) is 11.2. The number of likely N-dealkylation sites (N-methyl/N-ethyl adjacent to an activating group) is 1. The number of aryl methyl sites for hydroxylation is 1. The predicted molar refractivity (Wildman–Crippen MR) is 144 cm³/mol. The Morgan fingerprint density at radius 3 is 2.09 bits per heavy atom. The fourth-order valence-electron chi connectivity index (χ4n) is 3.09. The molecule has 2 unspecified atom stereocenters. The van der Waals surface area contributed by atoms with E-state index in [2.05, 4.69) is 51.4 Å². The van der Waals surface area contributed by atoms with Crippen LogP contribution in [0.2, 0.25) is 0 Å². The number of nitrogens with zero attached hydrogens (tertiary/aromatic N) is 1. The maximum absolute atomic E-state index is 10.4. The fourth-order valence-corrected chi connectivity index (χ4v) is 3.60. The Morgan fingerprint density at radius 2 is 1.59 bits per heavy atom. The molecule has 0 saturated carbocycles. The Balaban J connectivity index is 0.000000698. The van der Waals surface area contributed by atoms with E-state index in [4.69, 9.17) is 0 Å². The van der Waals surface area contributed by atoms with E-state index in [1.54, 1.807) is 11.7 Å². The second kappa shape index (κ2) is 22.3. The standard InChI is InChI=1S/C19H25NO.C5H5NO2S.2C2H6/c1-20-18(15-17-11-6-3-7-12-17)19(21)14-8-13-16-9-4-2-5-10-16;7-4-8-2-5-1-6-3-9-5;2*1-2/h2-7,9-12,18-21H,8,13-15H2,1H3;1,3-4H,2H2;2*1-2H3. The second-order valence-electron chi connectivity index (χ2n) is 6.91. The number of hydrogen-bond acceptors (Lipinski definition) is 6. The van der Waals surface area contributed by atoms with Gasteiger partial charge in [0.25, 0.3) is 6.47 Å². The molecule has 0 fully saturated rings. The van der Waals surface area contributed by atoms with Crippen molar-refractivity contribution in [1.29, 1.82) is 0 Å². The summed E-state index contributed by atoms with van der Waals surface area (Å²) in [5, 5.41) is 13.6. The molecule has 0 radical (unpaired) electrons. The third-order valence-electron chi connectivity index (χ3n) is 4.72. The third kappa shape index (κ3) is 14.6. The van der Waals surface area contributed by atoms with Gasteiger partial charge in [0.1, 0.15) is 6.61 Å². The average molecular weight is 487 g/mol. The Kier molecular flexibility index (Phi) is 20.6. The van der Waals surface area contributed by atoms with Crippen LogP contribution in [0.5, 0.6) is 0 Å². The molecular weight excluding hydrogens is 444 g/mol. The van der Waals surface area contributed by atoms with Gasteiger partial charge in [-0.3, -0.25) is 9.78 Å². The molecule has 1 heterocycles. The molecule has 2 atom stereocenters. The summed E-state index contributed by atoms with van der Waals surface area (Å²) in [6.07, 6.45) is 5.10. The first-order chi connectivity index (χ1) is 16.7. The van der Waals surface area contributed by atoms with Crippen molar-refractivity contribution in [1.82, 2.24) is 10.3 Å². The molecule has 0 aliphatic rings. The number of benzene rings is 2. The van der Waals surface area contributed by atoms with Crippen LogP contribution in [0.25, 0.3) is 0 Å². The van der Waals surface area contributed by atoms with Gasteiger partial charge >= 0.3 is 0 Å². The van der Waals surface area contributed by atoms with Gasteiger partial charge in [-0.15, -0.1) is 11.3 Å². The fraction of sp³-hybridized carbons (Fsp3) is 0.429. The van der Waals surface area contributed by atoms with E-state index in [9.17, 15) is 9.90 Å². The van der Waals surface area contributed by atoms with Gasteiger partial charge in [0.05, 0.1) is 16.5 Å². The Morgan fingerprint density at radius 1 is 1.00 bits per heavy atom. The van der Waals surface area contributed by atoms with Crippen molar-refractivity contribution in [3.63, 3.8) is 0 Å². The number of aromatic nitrogens is 1. The van der Waals surface area contributed by atoms with E-state index in [1.807, 2.05) is 59.0 Å². The van der Waals surface area contributed by atoms with Gasteiger partial charge in [-0.2, -0.15) is 0 Å². The van der Waals surface area contributed by atoms with Crippen LogP contribution in [-0.2, 0) is 29.0 Å². The Bertz CT molecular complexity index is 799. The predicted octanol–water partition coefficient (Wildman–Crippen LogP) is 6.07. The van der Waals surface area contributed by atoms with Gasteiger partial charge < -0.3 is 15.2 Å². The third-order valence-corrected chi connectivity index (χ3v) is 5.47. The first kappa shape index (κ1) is 31.5. The smallest absolute Gasteiger partial charge is 0.293 e. The second-order valence-corrected chi connectivity index (χ2v) is 7.88. The molecule has 1 aromatic heterocycles. The van der Waals surface area contributed by atoms with E-state index in [-0.39, 0.29) is 12.1 Å². The molecule has 0 aliphatic heterocycles. The van der Waals surface area contributed by atoms with E-state index in [1.165, 1.54) is 22.5 Å². The summed E-state index contributed by atoms with van der Waals surface area (Å²) in [6.45, 7) is 8.77. The van der Waals surface area contributed by atoms with Gasteiger partial charge in [0, 0.05) is 12.2 Å². The average Bonchev–Trinajstić information content (AvgIpc) is 3.44. The summed E-state index contributed by atoms with van der Waals surface area (Å²) in [7, 11) is 1.92. The summed E-state index contributed by atoms with van der Waals surface area (Å²) in [5.41, 5.74) is 4.30. The molecular formula is C28H42N2O3S. The molecule has 2 aromatic carbocycles. The van der Waals surface area contributed by atoms with Crippen molar-refractivity contribution in [2.24, 2.45) is 0 Å². The first-order valence-electron chi connectivity index (χ1n) is 12.1. The van der Waals surface area contributed by atoms with Crippen LogP contribution >= 0.6 is 11.3 Å². The first-order valence-corrected chi connectivity index (χ1v) is 13.0. The van der Waals surface area contributed by atoms with Gasteiger partial charge in [0.2, 0.25) is 0 Å². The summed E-state index contributed by atoms with van der Waals surface area (Å²) in [5.74, 6) is 0. The molecule has 6 heteroatoms. The highest BCUT2D eigenvalue weighted by atomic mass is 32.1. The molecule has 0 saturated heterocycles. The zero-order chi connectivity index (χ0) is 25.4. The Hall–Kier alpha value is -2.54. The number of carbonyl (C=O) groups is 1. The number of hydrogen-bond donors (Lipinski definition) is 2. The van der Waals surface area contributed by atoms with E-state index in [0.717, 1.165) is 30.6 Å². The van der Waals surface area contributed by atoms with Crippen LogP contribution in [0.1, 0.15) is 56.5 Å². The van der Waals surface area contributed by atoms with Gasteiger partial charge in [-0.25, -0.2) is 0 Å². The lowest BCUT2D eigenvalue weighted by Gasteiger charge is -2.22. The lowest BCUT2D eigenvalue weighted by molar-refractivity contribution is -0.129. The van der Waals surface area contributed by atoms with E-state index in [0.29, 0.717) is 13.1 Å². The largest absolute Gasteiger partial charge is 0.462 e. The minimum absolute atomic E-state index is 0.114. The quantitative estimate of drug-likeness (QED) is 0.322. The SMILES string of the molecule is CC.CC.CNC(Cc1ccccc1)C(O)CCCc1ccccc1.O=COCc1cncs1. The number of aliphatic hydroxyl groups excluding tert-OH is 1. The summed E-state index contributed by atoms with van der Waals surface area (Å²) in [4.78, 5) is 14.4. The zero-order valence-electron chi connectivity index (χ0n) is 21.3. The van der Waals surface area contributed by atoms with Crippen molar-refractivity contribution < 1.29 is 14.6 Å². The van der Waals surface area contributed by atoms with Crippen LogP contribution in [0, 0.1) is 0 Å². The molecule has 34 heavy (non-hydrogen) atoms. The van der Waals surface area contributed by atoms with Crippen molar-refractivity contribution in [2.45, 2.75) is 72.1 Å². The molecule has 188 valence electrons. The molecule has 0 amide bonds. The molecule has 0 bridgehead atoms. The minimum atomic E-state index is -0.307. The summed E-state index contributed by atoms with van der Waals surface area (Å²) in [6, 6.07) is 20.9. The number of rotatable bonds is 11. The number of ether oxygens (including phenoxy) is 1. The monoisotopic (exact) mass is 486 g/mol. The lowest BCUT2D eigenvalue weighted by atomic mass is 9.97. The van der Waals surface area contributed by atoms with Crippen LogP contribution in [0.15, 0.2) is 72.4 Å².